The summed E-state index contributed by atoms with van der Waals surface area (Å²) < 4.78 is 63.1. The van der Waals surface area contributed by atoms with Crippen LogP contribution in [0.25, 0.3) is 10.8 Å². The first kappa shape index (κ1) is 13.7. The normalized spacial score (nSPS) is 12.7. The highest BCUT2D eigenvalue weighted by molar-refractivity contribution is 7.89. The Balaban J connectivity index is 3.16. The predicted octanol–water partition coefficient (Wildman–Crippen LogP) is 1.04. The van der Waals surface area contributed by atoms with Gasteiger partial charge in [-0.2, -0.15) is 16.8 Å². The zero-order chi connectivity index (χ0) is 14.4. The van der Waals surface area contributed by atoms with Crippen molar-refractivity contribution < 1.29 is 31.0 Å². The molecule has 7 nitrogen and oxygen atoms in total. The maximum Gasteiger partial charge on any atom is 0.296 e. The Labute approximate surface area is 108 Å². The molecular formula is C10H8O7S2. The summed E-state index contributed by atoms with van der Waals surface area (Å²) in [4.78, 5) is -2.05. The quantitative estimate of drug-likeness (QED) is 0.707. The molecule has 0 unspecified atom stereocenters. The molecular weight excluding hydrogens is 296 g/mol. The van der Waals surface area contributed by atoms with E-state index in [0.29, 0.717) is 6.07 Å². The summed E-state index contributed by atoms with van der Waals surface area (Å²) in [6, 6.07) is 5.99. The summed E-state index contributed by atoms with van der Waals surface area (Å²) in [7, 11) is -9.84. The molecule has 102 valence electrons. The monoisotopic (exact) mass is 304 g/mol. The molecule has 0 fully saturated rings. The Kier molecular flexibility index (Phi) is 3.01. The fourth-order valence-electron chi connectivity index (χ4n) is 1.76. The Morgan fingerprint density at radius 2 is 1.37 bits per heavy atom. The lowest BCUT2D eigenvalue weighted by atomic mass is 10.1. The summed E-state index contributed by atoms with van der Waals surface area (Å²) >= 11 is 0. The van der Waals surface area contributed by atoms with Crippen LogP contribution in [0.15, 0.2) is 40.1 Å². The van der Waals surface area contributed by atoms with Crippen molar-refractivity contribution in [3.05, 3.63) is 30.3 Å². The number of phenolic OH excluding ortho intramolecular Hbond substituents is 1. The van der Waals surface area contributed by atoms with Crippen molar-refractivity contribution in [2.24, 2.45) is 0 Å². The standard InChI is InChI=1S/C10H8O7S2/c11-8-5-9(18(12,13)14)10(19(15,16)17)7-4-2-1-3-6(7)8/h1-5,11H,(H,12,13,14)(H,15,16,17). The maximum absolute atomic E-state index is 11.3. The van der Waals surface area contributed by atoms with Crippen molar-refractivity contribution in [2.45, 2.75) is 9.79 Å². The summed E-state index contributed by atoms with van der Waals surface area (Å²) in [5.74, 6) is -0.532. The van der Waals surface area contributed by atoms with Gasteiger partial charge in [-0.1, -0.05) is 24.3 Å². The Morgan fingerprint density at radius 3 is 1.84 bits per heavy atom. The average Bonchev–Trinajstić information content (AvgIpc) is 2.26. The molecule has 0 aliphatic rings. The SMILES string of the molecule is O=S(=O)(O)c1cc(O)c2ccccc2c1S(=O)(=O)O. The number of hydrogen-bond acceptors (Lipinski definition) is 5. The third kappa shape index (κ3) is 2.40. The summed E-state index contributed by atoms with van der Waals surface area (Å²) in [5.41, 5.74) is 0. The highest BCUT2D eigenvalue weighted by Gasteiger charge is 2.28. The van der Waals surface area contributed by atoms with Crippen LogP contribution < -0.4 is 0 Å². The van der Waals surface area contributed by atoms with Gasteiger partial charge in [0.2, 0.25) is 0 Å². The Bertz CT molecular complexity index is 866. The second-order valence-electron chi connectivity index (χ2n) is 3.72. The molecule has 0 bridgehead atoms. The van der Waals surface area contributed by atoms with Crippen LogP contribution in [-0.2, 0) is 20.2 Å². The van der Waals surface area contributed by atoms with Gasteiger partial charge in [-0.15, -0.1) is 0 Å². The first-order valence-electron chi connectivity index (χ1n) is 4.82. The lowest BCUT2D eigenvalue weighted by Crippen LogP contribution is -2.09. The van der Waals surface area contributed by atoms with Crippen molar-refractivity contribution in [1.29, 1.82) is 0 Å². The highest BCUT2D eigenvalue weighted by Crippen LogP contribution is 2.35. The molecule has 19 heavy (non-hydrogen) atoms. The van der Waals surface area contributed by atoms with Crippen LogP contribution in [0.4, 0.5) is 0 Å². The molecule has 0 amide bonds. The molecule has 0 atom stereocenters. The van der Waals surface area contributed by atoms with Gasteiger partial charge in [0, 0.05) is 16.8 Å². The number of phenols is 1. The zero-order valence-electron chi connectivity index (χ0n) is 9.18. The van der Waals surface area contributed by atoms with E-state index < -0.39 is 35.8 Å². The van der Waals surface area contributed by atoms with Crippen LogP contribution in [-0.4, -0.2) is 31.0 Å². The van der Waals surface area contributed by atoms with Crippen LogP contribution in [0.1, 0.15) is 0 Å². The van der Waals surface area contributed by atoms with Crippen molar-refractivity contribution in [2.75, 3.05) is 0 Å². The van der Waals surface area contributed by atoms with E-state index in [9.17, 15) is 21.9 Å². The summed E-state index contributed by atoms with van der Waals surface area (Å²) in [6.07, 6.45) is 0. The zero-order valence-corrected chi connectivity index (χ0v) is 10.8. The van der Waals surface area contributed by atoms with Crippen molar-refractivity contribution in [3.8, 4) is 5.75 Å². The van der Waals surface area contributed by atoms with Crippen LogP contribution in [0, 0.1) is 0 Å². The van der Waals surface area contributed by atoms with Gasteiger partial charge in [-0.05, 0) is 0 Å². The van der Waals surface area contributed by atoms with E-state index >= 15 is 0 Å². The molecule has 0 aliphatic carbocycles. The van der Waals surface area contributed by atoms with Gasteiger partial charge in [-0.25, -0.2) is 0 Å². The number of benzene rings is 2. The molecule has 9 heteroatoms. The van der Waals surface area contributed by atoms with Crippen molar-refractivity contribution >= 4 is 31.0 Å². The van der Waals surface area contributed by atoms with Crippen molar-refractivity contribution in [3.63, 3.8) is 0 Å². The largest absolute Gasteiger partial charge is 0.507 e. The molecule has 0 saturated carbocycles. The first-order valence-corrected chi connectivity index (χ1v) is 7.70. The number of aromatic hydroxyl groups is 1. The van der Waals surface area contributed by atoms with Crippen LogP contribution in [0.3, 0.4) is 0 Å². The fourth-order valence-corrected chi connectivity index (χ4v) is 3.77. The number of rotatable bonds is 2. The summed E-state index contributed by atoms with van der Waals surface area (Å²) in [6.45, 7) is 0. The van der Waals surface area contributed by atoms with E-state index in [4.69, 9.17) is 9.11 Å². The van der Waals surface area contributed by atoms with Gasteiger partial charge in [0.05, 0.1) is 0 Å². The van der Waals surface area contributed by atoms with Crippen LogP contribution in [0.2, 0.25) is 0 Å². The maximum atomic E-state index is 11.3. The average molecular weight is 304 g/mol. The van der Waals surface area contributed by atoms with Gasteiger partial charge in [0.1, 0.15) is 15.5 Å². The van der Waals surface area contributed by atoms with Crippen LogP contribution in [0.5, 0.6) is 5.75 Å². The molecule has 3 N–H and O–H groups in total. The molecule has 2 rings (SSSR count). The molecule has 2 aromatic rings. The van der Waals surface area contributed by atoms with Gasteiger partial charge in [-0.3, -0.25) is 9.11 Å². The number of fused-ring (bicyclic) bond motifs is 1. The number of hydrogen-bond donors (Lipinski definition) is 3. The van der Waals surface area contributed by atoms with E-state index in [1.807, 2.05) is 0 Å². The lowest BCUT2D eigenvalue weighted by molar-refractivity contribution is 0.460. The smallest absolute Gasteiger partial charge is 0.296 e. The van der Waals surface area contributed by atoms with E-state index in [1.54, 1.807) is 0 Å². The van der Waals surface area contributed by atoms with Crippen molar-refractivity contribution in [1.82, 2.24) is 0 Å². The molecule has 0 aliphatic heterocycles. The first-order chi connectivity index (χ1) is 8.62. The van der Waals surface area contributed by atoms with E-state index in [1.165, 1.54) is 24.3 Å². The molecule has 0 aromatic heterocycles. The van der Waals surface area contributed by atoms with E-state index in [0.717, 1.165) is 0 Å². The predicted molar refractivity (Wildman–Crippen MR) is 65.2 cm³/mol. The van der Waals surface area contributed by atoms with Gasteiger partial charge in [0.15, 0.2) is 0 Å². The van der Waals surface area contributed by atoms with Gasteiger partial charge in [0.25, 0.3) is 20.2 Å². The molecule has 2 aromatic carbocycles. The molecule has 0 saturated heterocycles. The topological polar surface area (TPSA) is 129 Å². The second-order valence-corrected chi connectivity index (χ2v) is 6.47. The lowest BCUT2D eigenvalue weighted by Gasteiger charge is -2.10. The molecule has 0 spiro atoms. The van der Waals surface area contributed by atoms with Crippen LogP contribution >= 0.6 is 0 Å². The van der Waals surface area contributed by atoms with Gasteiger partial charge >= 0.3 is 0 Å². The van der Waals surface area contributed by atoms with E-state index in [2.05, 4.69) is 0 Å². The van der Waals surface area contributed by atoms with E-state index in [-0.39, 0.29) is 10.8 Å². The third-order valence-corrected chi connectivity index (χ3v) is 4.44. The Morgan fingerprint density at radius 1 is 0.842 bits per heavy atom. The Hall–Kier alpha value is -1.68. The molecule has 0 heterocycles. The van der Waals surface area contributed by atoms with Gasteiger partial charge < -0.3 is 5.11 Å². The highest BCUT2D eigenvalue weighted by atomic mass is 32.2. The minimum atomic E-state index is -4.93. The fraction of sp³-hybridized carbons (Fsp3) is 0. The minimum absolute atomic E-state index is 0.0301. The summed E-state index contributed by atoms with van der Waals surface area (Å²) in [5, 5.41) is 9.47. The molecule has 0 radical (unpaired) electrons. The second kappa shape index (κ2) is 4.17. The minimum Gasteiger partial charge on any atom is -0.507 e. The third-order valence-electron chi connectivity index (χ3n) is 2.48.